The fraction of sp³-hybridized carbons (Fsp3) is 0.333. The average molecular weight is 314 g/mol. The Morgan fingerprint density at radius 1 is 1.44 bits per heavy atom. The lowest BCUT2D eigenvalue weighted by Crippen LogP contribution is -2.43. The van der Waals surface area contributed by atoms with Gasteiger partial charge in [0.2, 0.25) is 0 Å². The summed E-state index contributed by atoms with van der Waals surface area (Å²) in [4.78, 5) is 23.0. The number of rotatable bonds is 4. The molecule has 5 nitrogen and oxygen atoms in total. The number of nitrogens with one attached hydrogen (secondary N) is 1. The van der Waals surface area contributed by atoms with Crippen LogP contribution in [0.1, 0.15) is 23.2 Å². The van der Waals surface area contributed by atoms with Crippen molar-refractivity contribution in [3.8, 4) is 5.75 Å². The first-order valence-corrected chi connectivity index (χ1v) is 6.17. The monoisotopic (exact) mass is 313 g/mol. The zero-order valence-corrected chi connectivity index (χ0v) is 11.3. The second-order valence-electron chi connectivity index (χ2n) is 4.19. The molecule has 0 atom stereocenters. The number of halogens is 1. The molecule has 0 spiro atoms. The van der Waals surface area contributed by atoms with Crippen molar-refractivity contribution >= 4 is 27.8 Å². The van der Waals surface area contributed by atoms with E-state index in [2.05, 4.69) is 21.2 Å². The van der Waals surface area contributed by atoms with Crippen LogP contribution in [0.2, 0.25) is 0 Å². The van der Waals surface area contributed by atoms with E-state index in [0.29, 0.717) is 24.2 Å². The first-order valence-electron chi connectivity index (χ1n) is 5.38. The number of ether oxygens (including phenoxy) is 1. The van der Waals surface area contributed by atoms with Crippen LogP contribution in [-0.2, 0) is 4.79 Å². The normalized spacial score (nSPS) is 15.9. The first kappa shape index (κ1) is 12.9. The maximum atomic E-state index is 12.0. The van der Waals surface area contributed by atoms with Gasteiger partial charge in [-0.25, -0.2) is 4.79 Å². The van der Waals surface area contributed by atoms with Crippen LogP contribution in [0.4, 0.5) is 0 Å². The van der Waals surface area contributed by atoms with E-state index in [1.807, 2.05) is 0 Å². The lowest BCUT2D eigenvalue weighted by Gasteiger charge is -2.14. The lowest BCUT2D eigenvalue weighted by atomic mass is 10.1. The number of hydrogen-bond acceptors (Lipinski definition) is 3. The summed E-state index contributed by atoms with van der Waals surface area (Å²) in [7, 11) is 1.46. The Labute approximate surface area is 112 Å². The molecule has 18 heavy (non-hydrogen) atoms. The van der Waals surface area contributed by atoms with Crippen molar-refractivity contribution in [2.75, 3.05) is 7.11 Å². The lowest BCUT2D eigenvalue weighted by molar-refractivity contribution is -0.140. The molecule has 1 aromatic carbocycles. The number of aliphatic carboxylic acids is 1. The number of benzene rings is 1. The van der Waals surface area contributed by atoms with Gasteiger partial charge in [-0.05, 0) is 31.0 Å². The standard InChI is InChI=1S/C12H12BrNO4/c1-18-9-6-7(13)2-3-8(9)10(15)14-12(4-5-12)11(16)17/h2-3,6H,4-5H2,1H3,(H,14,15)(H,16,17). The van der Waals surface area contributed by atoms with Crippen LogP contribution in [0, 0.1) is 0 Å². The highest BCUT2D eigenvalue weighted by atomic mass is 79.9. The van der Waals surface area contributed by atoms with Crippen molar-refractivity contribution in [2.45, 2.75) is 18.4 Å². The highest BCUT2D eigenvalue weighted by Gasteiger charge is 2.51. The molecule has 0 aliphatic heterocycles. The van der Waals surface area contributed by atoms with Gasteiger partial charge in [-0.3, -0.25) is 4.79 Å². The summed E-state index contributed by atoms with van der Waals surface area (Å²) in [6.07, 6.45) is 0.930. The van der Waals surface area contributed by atoms with Crippen LogP contribution < -0.4 is 10.1 Å². The van der Waals surface area contributed by atoms with Crippen LogP contribution in [0.3, 0.4) is 0 Å². The Kier molecular flexibility index (Phi) is 3.30. The maximum Gasteiger partial charge on any atom is 0.329 e. The Morgan fingerprint density at radius 2 is 2.11 bits per heavy atom. The van der Waals surface area contributed by atoms with Crippen molar-refractivity contribution < 1.29 is 19.4 Å². The summed E-state index contributed by atoms with van der Waals surface area (Å²) >= 11 is 3.28. The van der Waals surface area contributed by atoms with Gasteiger partial charge in [-0.1, -0.05) is 15.9 Å². The van der Waals surface area contributed by atoms with Gasteiger partial charge in [0.05, 0.1) is 12.7 Å². The Hall–Kier alpha value is -1.56. The fourth-order valence-electron chi connectivity index (χ4n) is 1.65. The molecule has 2 N–H and O–H groups in total. The maximum absolute atomic E-state index is 12.0. The van der Waals surface area contributed by atoms with E-state index < -0.39 is 17.4 Å². The molecule has 1 aliphatic rings. The van der Waals surface area contributed by atoms with Gasteiger partial charge in [0.25, 0.3) is 5.91 Å². The van der Waals surface area contributed by atoms with Crippen LogP contribution in [-0.4, -0.2) is 29.6 Å². The van der Waals surface area contributed by atoms with Gasteiger partial charge in [-0.2, -0.15) is 0 Å². The fourth-order valence-corrected chi connectivity index (χ4v) is 1.99. The third kappa shape index (κ3) is 2.33. The number of amides is 1. The molecule has 1 aromatic rings. The van der Waals surface area contributed by atoms with Gasteiger partial charge < -0.3 is 15.2 Å². The molecule has 0 saturated heterocycles. The van der Waals surface area contributed by atoms with Crippen molar-refractivity contribution in [2.24, 2.45) is 0 Å². The minimum absolute atomic E-state index is 0.327. The number of methoxy groups -OCH3 is 1. The molecule has 2 rings (SSSR count). The largest absolute Gasteiger partial charge is 0.496 e. The Morgan fingerprint density at radius 3 is 2.61 bits per heavy atom. The Balaban J connectivity index is 2.22. The van der Waals surface area contributed by atoms with Crippen molar-refractivity contribution in [3.05, 3.63) is 28.2 Å². The molecule has 1 amide bonds. The Bertz CT molecular complexity index is 511. The topological polar surface area (TPSA) is 75.6 Å². The zero-order chi connectivity index (χ0) is 13.3. The molecule has 0 unspecified atom stereocenters. The van der Waals surface area contributed by atoms with Gasteiger partial charge in [-0.15, -0.1) is 0 Å². The number of carboxylic acids is 1. The number of carbonyl (C=O) groups is 2. The second kappa shape index (κ2) is 4.61. The summed E-state index contributed by atoms with van der Waals surface area (Å²) in [5.41, 5.74) is -0.761. The smallest absolute Gasteiger partial charge is 0.329 e. The first-order chi connectivity index (χ1) is 8.48. The van der Waals surface area contributed by atoms with Gasteiger partial charge in [0.15, 0.2) is 0 Å². The molecule has 96 valence electrons. The van der Waals surface area contributed by atoms with E-state index in [9.17, 15) is 9.59 Å². The predicted molar refractivity (Wildman–Crippen MR) is 67.8 cm³/mol. The molecule has 0 heterocycles. The molecule has 1 saturated carbocycles. The highest BCUT2D eigenvalue weighted by molar-refractivity contribution is 9.10. The molecule has 1 aliphatic carbocycles. The third-order valence-electron chi connectivity index (χ3n) is 2.92. The molecule has 0 radical (unpaired) electrons. The van der Waals surface area contributed by atoms with Gasteiger partial charge >= 0.3 is 5.97 Å². The predicted octanol–water partition coefficient (Wildman–Crippen LogP) is 1.80. The molecule has 0 bridgehead atoms. The summed E-state index contributed by atoms with van der Waals surface area (Å²) in [5, 5.41) is 11.6. The van der Waals surface area contributed by atoms with Crippen LogP contribution in [0.5, 0.6) is 5.75 Å². The summed E-state index contributed by atoms with van der Waals surface area (Å²) < 4.78 is 5.89. The number of carboxylic acid groups (broad SMARTS) is 1. The van der Waals surface area contributed by atoms with Gasteiger partial charge in [0, 0.05) is 4.47 Å². The quantitative estimate of drug-likeness (QED) is 0.889. The minimum Gasteiger partial charge on any atom is -0.496 e. The molecular weight excluding hydrogens is 302 g/mol. The minimum atomic E-state index is -1.09. The second-order valence-corrected chi connectivity index (χ2v) is 5.10. The van der Waals surface area contributed by atoms with E-state index in [0.717, 1.165) is 4.47 Å². The summed E-state index contributed by atoms with van der Waals surface area (Å²) in [5.74, 6) is -1.02. The highest BCUT2D eigenvalue weighted by Crippen LogP contribution is 2.36. The van der Waals surface area contributed by atoms with Gasteiger partial charge in [0.1, 0.15) is 11.3 Å². The molecule has 0 aromatic heterocycles. The zero-order valence-electron chi connectivity index (χ0n) is 9.70. The van der Waals surface area contributed by atoms with Crippen molar-refractivity contribution in [3.63, 3.8) is 0 Å². The van der Waals surface area contributed by atoms with Crippen LogP contribution in [0.15, 0.2) is 22.7 Å². The summed E-state index contributed by atoms with van der Waals surface area (Å²) in [6, 6.07) is 4.96. The van der Waals surface area contributed by atoms with E-state index >= 15 is 0 Å². The van der Waals surface area contributed by atoms with Crippen molar-refractivity contribution in [1.82, 2.24) is 5.32 Å². The summed E-state index contributed by atoms with van der Waals surface area (Å²) in [6.45, 7) is 0. The van der Waals surface area contributed by atoms with Crippen molar-refractivity contribution in [1.29, 1.82) is 0 Å². The molecule has 1 fully saturated rings. The third-order valence-corrected chi connectivity index (χ3v) is 3.41. The van der Waals surface area contributed by atoms with E-state index in [1.54, 1.807) is 18.2 Å². The SMILES string of the molecule is COc1cc(Br)ccc1C(=O)NC1(C(=O)O)CC1. The van der Waals surface area contributed by atoms with E-state index in [-0.39, 0.29) is 0 Å². The van der Waals surface area contributed by atoms with Crippen LogP contribution in [0.25, 0.3) is 0 Å². The number of carbonyl (C=O) groups excluding carboxylic acids is 1. The number of hydrogen-bond donors (Lipinski definition) is 2. The van der Waals surface area contributed by atoms with E-state index in [4.69, 9.17) is 9.84 Å². The average Bonchev–Trinajstić information content (AvgIpc) is 3.09. The van der Waals surface area contributed by atoms with Crippen LogP contribution >= 0.6 is 15.9 Å². The molecule has 6 heteroatoms. The molecular formula is C12H12BrNO4. The van der Waals surface area contributed by atoms with E-state index in [1.165, 1.54) is 7.11 Å².